The van der Waals surface area contributed by atoms with Gasteiger partial charge in [-0.2, -0.15) is 0 Å². The van der Waals surface area contributed by atoms with E-state index in [0.29, 0.717) is 0 Å². The minimum absolute atomic E-state index is 0.0131. The van der Waals surface area contributed by atoms with E-state index in [4.69, 9.17) is 18.0 Å². The number of rotatable bonds is 14. The van der Waals surface area contributed by atoms with Crippen molar-refractivity contribution in [3.63, 3.8) is 0 Å². The molecule has 0 bridgehead atoms. The zero-order chi connectivity index (χ0) is 19.3. The van der Waals surface area contributed by atoms with Gasteiger partial charge in [0.15, 0.2) is 0 Å². The Morgan fingerprint density at radius 3 is 1.96 bits per heavy atom. The van der Waals surface area contributed by atoms with Gasteiger partial charge < -0.3 is 4.48 Å². The topological polar surface area (TPSA) is 0 Å². The molecule has 0 aliphatic rings. The van der Waals surface area contributed by atoms with Gasteiger partial charge in [-0.1, -0.05) is 69.9 Å². The summed E-state index contributed by atoms with van der Waals surface area (Å²) in [5, 5.41) is 0.0131. The Hall–Kier alpha value is -0.240. The highest BCUT2D eigenvalue weighted by Gasteiger charge is 2.36. The van der Waals surface area contributed by atoms with Crippen LogP contribution in [0.2, 0.25) is 0 Å². The maximum atomic E-state index is 6.88. The molecule has 26 heavy (non-hydrogen) atoms. The number of nitrogens with zero attached hydrogens (tertiary/aromatic N) is 1. The van der Waals surface area contributed by atoms with Gasteiger partial charge in [0.2, 0.25) is 4.05 Å². The molecular formula is C23H36ClIN+. The van der Waals surface area contributed by atoms with Crippen molar-refractivity contribution < 1.29 is 4.48 Å². The summed E-state index contributed by atoms with van der Waals surface area (Å²) in [6.45, 7) is 7.72. The van der Waals surface area contributed by atoms with Crippen LogP contribution in [0.4, 0.5) is 0 Å². The zero-order valence-corrected chi connectivity index (χ0v) is 19.5. The largest absolute Gasteiger partial charge is 0.301 e. The van der Waals surface area contributed by atoms with Gasteiger partial charge >= 0.3 is 0 Å². The molecule has 1 rings (SSSR count). The number of halogens is 2. The molecule has 0 N–H and O–H groups in total. The third-order valence-electron chi connectivity index (χ3n) is 5.22. The summed E-state index contributed by atoms with van der Waals surface area (Å²) in [6, 6.07) is 10.5. The third-order valence-corrected chi connectivity index (χ3v) is 7.15. The Morgan fingerprint density at radius 2 is 1.50 bits per heavy atom. The van der Waals surface area contributed by atoms with E-state index in [2.05, 4.69) is 66.6 Å². The van der Waals surface area contributed by atoms with Crippen molar-refractivity contribution in [2.24, 2.45) is 0 Å². The molecule has 0 aliphatic heterocycles. The summed E-state index contributed by atoms with van der Waals surface area (Å²) < 4.78 is 1.13. The van der Waals surface area contributed by atoms with E-state index in [1.54, 1.807) is 0 Å². The highest BCUT2D eigenvalue weighted by molar-refractivity contribution is 14.1. The summed E-state index contributed by atoms with van der Waals surface area (Å²) in [4.78, 5) is 0. The minimum atomic E-state index is 0.0131. The lowest BCUT2D eigenvalue weighted by molar-refractivity contribution is -0.927. The van der Waals surface area contributed by atoms with Crippen molar-refractivity contribution in [3.05, 3.63) is 35.9 Å². The number of quaternary nitrogens is 1. The first-order chi connectivity index (χ1) is 12.6. The van der Waals surface area contributed by atoms with Crippen molar-refractivity contribution in [1.82, 2.24) is 0 Å². The molecule has 1 nitrogen and oxygen atoms in total. The van der Waals surface area contributed by atoms with Crippen LogP contribution in [0.1, 0.15) is 76.2 Å². The number of unbranched alkanes of at least 4 members (excludes halogenated alkanes) is 6. The first kappa shape index (κ1) is 23.8. The first-order valence-electron chi connectivity index (χ1n) is 10.2. The quantitative estimate of drug-likeness (QED) is 0.0642. The molecule has 0 heterocycles. The van der Waals surface area contributed by atoms with E-state index in [9.17, 15) is 0 Å². The predicted molar refractivity (Wildman–Crippen MR) is 125 cm³/mol. The van der Waals surface area contributed by atoms with Crippen LogP contribution in [0.15, 0.2) is 30.3 Å². The lowest BCUT2D eigenvalue weighted by Gasteiger charge is -2.42. The molecule has 0 aliphatic carbocycles. The van der Waals surface area contributed by atoms with Crippen molar-refractivity contribution in [2.45, 2.75) is 74.6 Å². The summed E-state index contributed by atoms with van der Waals surface area (Å²) >= 11 is 9.36. The van der Waals surface area contributed by atoms with Gasteiger partial charge in [0.05, 0.1) is 13.1 Å². The highest BCUT2D eigenvalue weighted by Crippen LogP contribution is 2.31. The molecule has 1 aromatic carbocycles. The smallest absolute Gasteiger partial charge is 0.200 e. The fraction of sp³-hybridized carbons (Fsp3) is 0.652. The van der Waals surface area contributed by atoms with Gasteiger partial charge in [0.1, 0.15) is 11.9 Å². The summed E-state index contributed by atoms with van der Waals surface area (Å²) in [5.74, 6) is 3.04. The standard InChI is InChI=1S/C23H36ClIN/c1-4-7-9-14-18-26(23(25)6-3,19-15-10-8-5-2)20-22(24)21-16-12-11-13-17-21/h3,11-13,16-17,22-23H,4-5,7-10,14-15,18-20H2,1-2H3/q+1. The lowest BCUT2D eigenvalue weighted by Crippen LogP contribution is -2.55. The molecule has 3 heteroatoms. The van der Waals surface area contributed by atoms with Gasteiger partial charge in [-0.25, -0.2) is 0 Å². The second kappa shape index (κ2) is 13.9. The second-order valence-electron chi connectivity index (χ2n) is 7.35. The Labute approximate surface area is 180 Å². The van der Waals surface area contributed by atoms with Crippen molar-refractivity contribution in [3.8, 4) is 12.3 Å². The molecule has 0 amide bonds. The van der Waals surface area contributed by atoms with Crippen LogP contribution in [0.25, 0.3) is 0 Å². The Morgan fingerprint density at radius 1 is 0.962 bits per heavy atom. The van der Waals surface area contributed by atoms with Gasteiger partial charge in [-0.3, -0.25) is 0 Å². The number of alkyl halides is 2. The van der Waals surface area contributed by atoms with Crippen LogP contribution in [-0.4, -0.2) is 28.2 Å². The van der Waals surface area contributed by atoms with Crippen LogP contribution in [0.5, 0.6) is 0 Å². The van der Waals surface area contributed by atoms with Crippen LogP contribution >= 0.6 is 34.2 Å². The molecule has 146 valence electrons. The van der Waals surface area contributed by atoms with E-state index in [1.807, 2.05) is 6.07 Å². The SMILES string of the molecule is C#CC(I)[N+](CCCCCC)(CCCCCC)CC(Cl)c1ccccc1. The maximum Gasteiger partial charge on any atom is 0.200 e. The van der Waals surface area contributed by atoms with Crippen LogP contribution in [-0.2, 0) is 0 Å². The van der Waals surface area contributed by atoms with Crippen LogP contribution in [0.3, 0.4) is 0 Å². The Bertz CT molecular complexity index is 499. The van der Waals surface area contributed by atoms with Gasteiger partial charge in [0, 0.05) is 22.6 Å². The Balaban J connectivity index is 2.91. The van der Waals surface area contributed by atoms with Crippen LogP contribution < -0.4 is 0 Å². The fourth-order valence-corrected chi connectivity index (χ4v) is 4.77. The first-order valence-corrected chi connectivity index (χ1v) is 11.9. The van der Waals surface area contributed by atoms with E-state index >= 15 is 0 Å². The molecule has 1 aromatic rings. The fourth-order valence-electron chi connectivity index (χ4n) is 3.57. The molecule has 0 saturated carbocycles. The number of benzene rings is 1. The van der Waals surface area contributed by atoms with Gasteiger partial charge in [-0.15, -0.1) is 18.0 Å². The third kappa shape index (κ3) is 8.19. The number of terminal acetylenes is 1. The molecule has 0 fully saturated rings. The molecule has 0 saturated heterocycles. The summed E-state index contributed by atoms with van der Waals surface area (Å²) in [6.07, 6.45) is 16.1. The minimum Gasteiger partial charge on any atom is -0.301 e. The van der Waals surface area contributed by atoms with E-state index < -0.39 is 0 Å². The average molecular weight is 489 g/mol. The highest BCUT2D eigenvalue weighted by atomic mass is 127. The van der Waals surface area contributed by atoms with Crippen molar-refractivity contribution in [2.75, 3.05) is 19.6 Å². The maximum absolute atomic E-state index is 6.88. The van der Waals surface area contributed by atoms with E-state index in [0.717, 1.165) is 24.1 Å². The number of hydrogen-bond donors (Lipinski definition) is 0. The molecule has 0 radical (unpaired) electrons. The second-order valence-corrected chi connectivity index (χ2v) is 9.06. The number of hydrogen-bond acceptors (Lipinski definition) is 0. The molecular weight excluding hydrogens is 453 g/mol. The molecule has 2 unspecified atom stereocenters. The van der Waals surface area contributed by atoms with Crippen molar-refractivity contribution >= 4 is 34.2 Å². The molecule has 0 aromatic heterocycles. The average Bonchev–Trinajstić information content (AvgIpc) is 2.68. The van der Waals surface area contributed by atoms with E-state index in [1.165, 1.54) is 56.9 Å². The Kier molecular flexibility index (Phi) is 12.7. The van der Waals surface area contributed by atoms with Gasteiger partial charge in [-0.05, 0) is 37.2 Å². The summed E-state index contributed by atoms with van der Waals surface area (Å²) in [5.41, 5.74) is 1.21. The van der Waals surface area contributed by atoms with Crippen LogP contribution in [0, 0.1) is 12.3 Å². The summed E-state index contributed by atoms with van der Waals surface area (Å²) in [7, 11) is 0. The predicted octanol–water partition coefficient (Wildman–Crippen LogP) is 7.34. The lowest BCUT2D eigenvalue weighted by atomic mass is 10.1. The molecule has 0 spiro atoms. The van der Waals surface area contributed by atoms with Gasteiger partial charge in [0.25, 0.3) is 0 Å². The zero-order valence-electron chi connectivity index (χ0n) is 16.6. The normalized spacial score (nSPS) is 14.0. The van der Waals surface area contributed by atoms with Crippen molar-refractivity contribution in [1.29, 1.82) is 0 Å². The van der Waals surface area contributed by atoms with E-state index in [-0.39, 0.29) is 9.43 Å². The molecule has 2 atom stereocenters. The monoisotopic (exact) mass is 488 g/mol.